The Morgan fingerprint density at radius 1 is 1.15 bits per heavy atom. The molecule has 4 nitrogen and oxygen atoms in total. The zero-order valence-electron chi connectivity index (χ0n) is 10.5. The van der Waals surface area contributed by atoms with E-state index in [1.165, 1.54) is 25.1 Å². The minimum Gasteiger partial charge on any atom is -0.294 e. The second kappa shape index (κ2) is 5.83. The molecule has 2 aromatic rings. The van der Waals surface area contributed by atoms with E-state index in [0.717, 1.165) is 11.8 Å². The summed E-state index contributed by atoms with van der Waals surface area (Å²) in [5.74, 6) is -1.04. The van der Waals surface area contributed by atoms with Crippen molar-refractivity contribution in [1.82, 2.24) is 0 Å². The molecule has 0 fully saturated rings. The summed E-state index contributed by atoms with van der Waals surface area (Å²) < 4.78 is 13.7. The van der Waals surface area contributed by atoms with Crippen LogP contribution in [-0.2, 0) is 0 Å². The molecule has 6 heteroatoms. The highest BCUT2D eigenvalue weighted by Crippen LogP contribution is 2.36. The SMILES string of the molecule is CC(=O)c1c(F)cccc1Sc1ccccc1[N+](=O)[O-]. The van der Waals surface area contributed by atoms with Crippen molar-refractivity contribution in [3.63, 3.8) is 0 Å². The molecule has 0 N–H and O–H groups in total. The summed E-state index contributed by atoms with van der Waals surface area (Å²) in [7, 11) is 0. The number of hydrogen-bond donors (Lipinski definition) is 0. The predicted molar refractivity (Wildman–Crippen MR) is 73.6 cm³/mol. The van der Waals surface area contributed by atoms with Gasteiger partial charge in [-0.25, -0.2) is 4.39 Å². The van der Waals surface area contributed by atoms with E-state index in [9.17, 15) is 19.3 Å². The fraction of sp³-hybridized carbons (Fsp3) is 0.0714. The molecule has 0 aliphatic heterocycles. The Morgan fingerprint density at radius 2 is 1.80 bits per heavy atom. The molecule has 2 aromatic carbocycles. The number of para-hydroxylation sites is 1. The Morgan fingerprint density at radius 3 is 2.45 bits per heavy atom. The van der Waals surface area contributed by atoms with Gasteiger partial charge in [0, 0.05) is 11.0 Å². The van der Waals surface area contributed by atoms with Crippen molar-refractivity contribution in [2.24, 2.45) is 0 Å². The summed E-state index contributed by atoms with van der Waals surface area (Å²) in [6.07, 6.45) is 0. The second-order valence-corrected chi connectivity index (χ2v) is 5.08. The van der Waals surface area contributed by atoms with Gasteiger partial charge in [0.05, 0.1) is 15.4 Å². The largest absolute Gasteiger partial charge is 0.294 e. The number of nitro groups is 1. The van der Waals surface area contributed by atoms with Crippen LogP contribution in [0.4, 0.5) is 10.1 Å². The highest BCUT2D eigenvalue weighted by atomic mass is 32.2. The minimum atomic E-state index is -0.624. The number of carbonyl (C=O) groups is 1. The van der Waals surface area contributed by atoms with Gasteiger partial charge in [-0.05, 0) is 25.1 Å². The van der Waals surface area contributed by atoms with Crippen molar-refractivity contribution < 1.29 is 14.1 Å². The van der Waals surface area contributed by atoms with Crippen LogP contribution in [0, 0.1) is 15.9 Å². The maximum absolute atomic E-state index is 13.7. The number of halogens is 1. The van der Waals surface area contributed by atoms with Gasteiger partial charge in [0.25, 0.3) is 5.69 Å². The van der Waals surface area contributed by atoms with E-state index < -0.39 is 16.5 Å². The van der Waals surface area contributed by atoms with Gasteiger partial charge in [0.15, 0.2) is 5.78 Å². The predicted octanol–water partition coefficient (Wildman–Crippen LogP) is 4.09. The van der Waals surface area contributed by atoms with Gasteiger partial charge in [-0.2, -0.15) is 0 Å². The molecule has 102 valence electrons. The van der Waals surface area contributed by atoms with E-state index in [1.54, 1.807) is 24.3 Å². The third-order valence-corrected chi connectivity index (χ3v) is 3.73. The first-order chi connectivity index (χ1) is 9.50. The van der Waals surface area contributed by atoms with Crippen LogP contribution in [-0.4, -0.2) is 10.7 Å². The molecule has 0 spiro atoms. The summed E-state index contributed by atoms with van der Waals surface area (Å²) >= 11 is 1.01. The lowest BCUT2D eigenvalue weighted by Gasteiger charge is -2.07. The lowest BCUT2D eigenvalue weighted by atomic mass is 10.1. The number of hydrogen-bond acceptors (Lipinski definition) is 4. The van der Waals surface area contributed by atoms with Gasteiger partial charge in [-0.3, -0.25) is 14.9 Å². The van der Waals surface area contributed by atoms with Crippen LogP contribution in [0.15, 0.2) is 52.3 Å². The van der Waals surface area contributed by atoms with Gasteiger partial charge in [0.1, 0.15) is 5.82 Å². The Balaban J connectivity index is 2.49. The second-order valence-electron chi connectivity index (χ2n) is 4.00. The normalized spacial score (nSPS) is 10.3. The molecular formula is C14H10FNO3S. The van der Waals surface area contributed by atoms with E-state index >= 15 is 0 Å². The zero-order chi connectivity index (χ0) is 14.7. The van der Waals surface area contributed by atoms with Gasteiger partial charge >= 0.3 is 0 Å². The minimum absolute atomic E-state index is 0.0457. The van der Waals surface area contributed by atoms with E-state index in [2.05, 4.69) is 0 Å². The fourth-order valence-electron chi connectivity index (χ4n) is 1.74. The van der Waals surface area contributed by atoms with Crippen LogP contribution >= 0.6 is 11.8 Å². The molecule has 0 bridgehead atoms. The number of benzene rings is 2. The molecule has 0 radical (unpaired) electrons. The Bertz CT molecular complexity index is 688. The molecule has 0 atom stereocenters. The molecule has 0 aliphatic rings. The smallest absolute Gasteiger partial charge is 0.283 e. The molecule has 0 unspecified atom stereocenters. The van der Waals surface area contributed by atoms with E-state index in [1.807, 2.05) is 0 Å². The molecular weight excluding hydrogens is 281 g/mol. The Hall–Kier alpha value is -2.21. The highest BCUT2D eigenvalue weighted by Gasteiger charge is 2.18. The lowest BCUT2D eigenvalue weighted by molar-refractivity contribution is -0.387. The molecule has 0 saturated heterocycles. The molecule has 0 heterocycles. The number of nitro benzene ring substituents is 1. The van der Waals surface area contributed by atoms with Gasteiger partial charge in [-0.15, -0.1) is 0 Å². The first-order valence-electron chi connectivity index (χ1n) is 5.71. The topological polar surface area (TPSA) is 60.2 Å². The fourth-order valence-corrected chi connectivity index (χ4v) is 2.86. The molecule has 20 heavy (non-hydrogen) atoms. The van der Waals surface area contributed by atoms with Crippen LogP contribution in [0.2, 0.25) is 0 Å². The van der Waals surface area contributed by atoms with Crippen LogP contribution in [0.1, 0.15) is 17.3 Å². The summed E-state index contributed by atoms with van der Waals surface area (Å²) in [5.41, 5.74) is -0.119. The lowest BCUT2D eigenvalue weighted by Crippen LogP contribution is -2.00. The number of carbonyl (C=O) groups excluding carboxylic acids is 1. The summed E-state index contributed by atoms with van der Waals surface area (Å²) in [4.78, 5) is 22.7. The molecule has 0 saturated carbocycles. The maximum Gasteiger partial charge on any atom is 0.283 e. The standard InChI is InChI=1S/C14H10FNO3S/c1-9(17)14-10(15)5-4-8-13(14)20-12-7-3-2-6-11(12)16(18)19/h2-8H,1H3. The maximum atomic E-state index is 13.7. The van der Waals surface area contributed by atoms with Crippen LogP contribution in [0.25, 0.3) is 0 Å². The van der Waals surface area contributed by atoms with Crippen molar-refractivity contribution in [1.29, 1.82) is 0 Å². The first kappa shape index (κ1) is 14.2. The van der Waals surface area contributed by atoms with Crippen molar-refractivity contribution in [3.8, 4) is 0 Å². The molecule has 0 amide bonds. The summed E-state index contributed by atoms with van der Waals surface area (Å²) in [5, 5.41) is 10.9. The third kappa shape index (κ3) is 2.85. The summed E-state index contributed by atoms with van der Waals surface area (Å²) in [6, 6.07) is 10.4. The van der Waals surface area contributed by atoms with Gasteiger partial charge < -0.3 is 0 Å². The monoisotopic (exact) mass is 291 g/mol. The van der Waals surface area contributed by atoms with Crippen LogP contribution < -0.4 is 0 Å². The van der Waals surface area contributed by atoms with Gasteiger partial charge in [0.2, 0.25) is 0 Å². The van der Waals surface area contributed by atoms with Crippen molar-refractivity contribution >= 4 is 23.2 Å². The molecule has 0 aromatic heterocycles. The molecule has 0 aliphatic carbocycles. The van der Waals surface area contributed by atoms with Crippen molar-refractivity contribution in [2.45, 2.75) is 16.7 Å². The first-order valence-corrected chi connectivity index (χ1v) is 6.53. The van der Waals surface area contributed by atoms with E-state index in [0.29, 0.717) is 9.79 Å². The number of Topliss-reactive ketones (excluding diaryl/α,β-unsaturated/α-hetero) is 1. The van der Waals surface area contributed by atoms with Gasteiger partial charge in [-0.1, -0.05) is 30.0 Å². The van der Waals surface area contributed by atoms with Crippen molar-refractivity contribution in [3.05, 3.63) is 64.0 Å². The highest BCUT2D eigenvalue weighted by molar-refractivity contribution is 7.99. The molecule has 2 rings (SSSR count). The summed E-state index contributed by atoms with van der Waals surface area (Å²) in [6.45, 7) is 1.27. The zero-order valence-corrected chi connectivity index (χ0v) is 11.3. The number of nitrogens with zero attached hydrogens (tertiary/aromatic N) is 1. The van der Waals surface area contributed by atoms with E-state index in [4.69, 9.17) is 0 Å². The third-order valence-electron chi connectivity index (χ3n) is 2.61. The number of rotatable bonds is 4. The average molecular weight is 291 g/mol. The number of ketones is 1. The Labute approximate surface area is 118 Å². The van der Waals surface area contributed by atoms with Crippen LogP contribution in [0.5, 0.6) is 0 Å². The average Bonchev–Trinajstić information content (AvgIpc) is 2.38. The Kier molecular flexibility index (Phi) is 4.14. The quantitative estimate of drug-likeness (QED) is 0.483. The van der Waals surface area contributed by atoms with E-state index in [-0.39, 0.29) is 11.3 Å². The van der Waals surface area contributed by atoms with Crippen LogP contribution in [0.3, 0.4) is 0 Å². The van der Waals surface area contributed by atoms with Crippen molar-refractivity contribution in [2.75, 3.05) is 0 Å².